The van der Waals surface area contributed by atoms with E-state index in [1.165, 1.54) is 22.5 Å². The van der Waals surface area contributed by atoms with E-state index in [9.17, 15) is 18.5 Å². The molecule has 2 rings (SSSR count). The van der Waals surface area contributed by atoms with Gasteiger partial charge in [-0.1, -0.05) is 15.9 Å². The molecule has 1 aromatic rings. The zero-order valence-corrected chi connectivity index (χ0v) is 13.1. The van der Waals surface area contributed by atoms with Gasteiger partial charge < -0.3 is 5.32 Å². The van der Waals surface area contributed by atoms with Crippen LogP contribution in [-0.4, -0.2) is 43.3 Å². The highest BCUT2D eigenvalue weighted by molar-refractivity contribution is 9.10. The number of hydrogen-bond donors (Lipinski definition) is 1. The minimum Gasteiger partial charge on any atom is -0.314 e. The summed E-state index contributed by atoms with van der Waals surface area (Å²) in [7, 11) is -3.87. The average molecular weight is 364 g/mol. The van der Waals surface area contributed by atoms with Gasteiger partial charge in [0, 0.05) is 36.2 Å². The number of benzene rings is 1. The lowest BCUT2D eigenvalue weighted by atomic mass is 10.3. The molecule has 1 saturated heterocycles. The molecule has 20 heavy (non-hydrogen) atoms. The highest BCUT2D eigenvalue weighted by Crippen LogP contribution is 2.30. The second-order valence-electron chi connectivity index (χ2n) is 4.54. The van der Waals surface area contributed by atoms with Crippen molar-refractivity contribution in [1.82, 2.24) is 9.62 Å². The van der Waals surface area contributed by atoms with Crippen LogP contribution in [0.3, 0.4) is 0 Å². The molecule has 1 fully saturated rings. The molecule has 110 valence electrons. The van der Waals surface area contributed by atoms with Gasteiger partial charge in [0.25, 0.3) is 5.69 Å². The Bertz CT molecular complexity index is 635. The highest BCUT2D eigenvalue weighted by Gasteiger charge is 2.35. The quantitative estimate of drug-likeness (QED) is 0.646. The molecule has 1 aliphatic heterocycles. The molecule has 0 amide bonds. The van der Waals surface area contributed by atoms with Gasteiger partial charge in [-0.25, -0.2) is 8.42 Å². The van der Waals surface area contributed by atoms with Crippen molar-refractivity contribution in [2.75, 3.05) is 19.6 Å². The fourth-order valence-corrected chi connectivity index (χ4v) is 4.28. The molecule has 1 unspecified atom stereocenters. The molecule has 0 saturated carbocycles. The lowest BCUT2D eigenvalue weighted by Gasteiger charge is -2.32. The van der Waals surface area contributed by atoms with E-state index in [-0.39, 0.29) is 10.9 Å². The maximum atomic E-state index is 12.6. The fraction of sp³-hybridized carbons (Fsp3) is 0.455. The third-order valence-electron chi connectivity index (χ3n) is 3.14. The first-order chi connectivity index (χ1) is 9.34. The molecule has 7 nitrogen and oxygen atoms in total. The van der Waals surface area contributed by atoms with Gasteiger partial charge >= 0.3 is 0 Å². The van der Waals surface area contributed by atoms with Gasteiger partial charge in [-0.3, -0.25) is 10.1 Å². The Labute approximate surface area is 125 Å². The van der Waals surface area contributed by atoms with Crippen molar-refractivity contribution >= 4 is 31.6 Å². The van der Waals surface area contributed by atoms with Gasteiger partial charge in [0.05, 0.1) is 4.92 Å². The predicted octanol–water partition coefficient (Wildman–Crippen LogP) is 1.34. The van der Waals surface area contributed by atoms with Crippen LogP contribution < -0.4 is 5.32 Å². The Kier molecular flexibility index (Phi) is 4.43. The van der Waals surface area contributed by atoms with E-state index in [0.29, 0.717) is 24.1 Å². The van der Waals surface area contributed by atoms with E-state index in [4.69, 9.17) is 0 Å². The van der Waals surface area contributed by atoms with Crippen LogP contribution in [0.4, 0.5) is 5.69 Å². The van der Waals surface area contributed by atoms with E-state index in [2.05, 4.69) is 21.2 Å². The minimum atomic E-state index is -3.87. The summed E-state index contributed by atoms with van der Waals surface area (Å²) in [5.41, 5.74) is -0.412. The van der Waals surface area contributed by atoms with Crippen LogP contribution in [-0.2, 0) is 10.0 Å². The lowest BCUT2D eigenvalue weighted by Crippen LogP contribution is -2.52. The van der Waals surface area contributed by atoms with Crippen molar-refractivity contribution < 1.29 is 13.3 Å². The van der Waals surface area contributed by atoms with Gasteiger partial charge in [0.15, 0.2) is 4.90 Å². The van der Waals surface area contributed by atoms with E-state index < -0.39 is 20.6 Å². The van der Waals surface area contributed by atoms with Gasteiger partial charge in [-0.15, -0.1) is 0 Å². The summed E-state index contributed by atoms with van der Waals surface area (Å²) in [6.45, 7) is 3.14. The van der Waals surface area contributed by atoms with Crippen LogP contribution in [0.5, 0.6) is 0 Å². The van der Waals surface area contributed by atoms with E-state index in [0.717, 1.165) is 0 Å². The first-order valence-electron chi connectivity index (χ1n) is 6.00. The summed E-state index contributed by atoms with van der Waals surface area (Å²) in [5.74, 6) is 0. The van der Waals surface area contributed by atoms with E-state index in [1.807, 2.05) is 0 Å². The monoisotopic (exact) mass is 363 g/mol. The molecule has 1 N–H and O–H groups in total. The first kappa shape index (κ1) is 15.4. The van der Waals surface area contributed by atoms with Gasteiger partial charge in [0.2, 0.25) is 10.0 Å². The molecule has 9 heteroatoms. The van der Waals surface area contributed by atoms with Crippen molar-refractivity contribution in [3.63, 3.8) is 0 Å². The Morgan fingerprint density at radius 2 is 2.20 bits per heavy atom. The molecule has 1 atom stereocenters. The topological polar surface area (TPSA) is 92.6 Å². The Morgan fingerprint density at radius 1 is 1.50 bits per heavy atom. The van der Waals surface area contributed by atoms with Crippen molar-refractivity contribution in [2.45, 2.75) is 17.9 Å². The van der Waals surface area contributed by atoms with Crippen LogP contribution in [0.2, 0.25) is 0 Å². The van der Waals surface area contributed by atoms with Crippen molar-refractivity contribution in [2.24, 2.45) is 0 Å². The Hall–Kier alpha value is -1.03. The summed E-state index contributed by atoms with van der Waals surface area (Å²) in [5, 5.41) is 14.2. The summed E-state index contributed by atoms with van der Waals surface area (Å²) >= 11 is 3.12. The van der Waals surface area contributed by atoms with Crippen LogP contribution in [0, 0.1) is 10.1 Å². The zero-order valence-electron chi connectivity index (χ0n) is 10.7. The smallest absolute Gasteiger partial charge is 0.290 e. The average Bonchev–Trinajstić information content (AvgIpc) is 2.38. The standard InChI is InChI=1S/C11H14BrN3O4S/c1-8-7-13-4-5-14(8)20(18,19)11-3-2-9(12)6-10(11)15(16)17/h2-3,6,8,13H,4-5,7H2,1H3. The Balaban J connectivity index is 2.51. The summed E-state index contributed by atoms with van der Waals surface area (Å²) in [6.07, 6.45) is 0. The van der Waals surface area contributed by atoms with E-state index >= 15 is 0 Å². The van der Waals surface area contributed by atoms with Crippen LogP contribution in [0.1, 0.15) is 6.92 Å². The van der Waals surface area contributed by atoms with E-state index in [1.54, 1.807) is 6.92 Å². The Morgan fingerprint density at radius 3 is 2.80 bits per heavy atom. The molecular weight excluding hydrogens is 350 g/mol. The highest BCUT2D eigenvalue weighted by atomic mass is 79.9. The van der Waals surface area contributed by atoms with Gasteiger partial charge in [-0.2, -0.15) is 4.31 Å². The number of rotatable bonds is 3. The van der Waals surface area contributed by atoms with Gasteiger partial charge in [-0.05, 0) is 19.1 Å². The molecule has 0 aromatic heterocycles. The maximum Gasteiger partial charge on any atom is 0.290 e. The molecule has 0 radical (unpaired) electrons. The molecule has 0 spiro atoms. The fourth-order valence-electron chi connectivity index (χ4n) is 2.16. The number of nitro groups is 1. The first-order valence-corrected chi connectivity index (χ1v) is 8.24. The third-order valence-corrected chi connectivity index (χ3v) is 5.70. The second kappa shape index (κ2) is 5.76. The summed E-state index contributed by atoms with van der Waals surface area (Å²) in [6, 6.07) is 3.73. The number of nitrogens with one attached hydrogen (secondary N) is 1. The number of nitro benzene ring substituents is 1. The number of piperazine rings is 1. The molecule has 0 bridgehead atoms. The summed E-state index contributed by atoms with van der Waals surface area (Å²) in [4.78, 5) is 10.1. The molecule has 1 heterocycles. The maximum absolute atomic E-state index is 12.6. The molecule has 1 aliphatic rings. The zero-order chi connectivity index (χ0) is 14.9. The largest absolute Gasteiger partial charge is 0.314 e. The molecule has 0 aliphatic carbocycles. The SMILES string of the molecule is CC1CNCCN1S(=O)(=O)c1ccc(Br)cc1[N+](=O)[O-]. The minimum absolute atomic E-state index is 0.239. The van der Waals surface area contributed by atoms with Crippen molar-refractivity contribution in [3.05, 3.63) is 32.8 Å². The molecule has 1 aromatic carbocycles. The van der Waals surface area contributed by atoms with Gasteiger partial charge in [0.1, 0.15) is 0 Å². The van der Waals surface area contributed by atoms with Crippen molar-refractivity contribution in [1.29, 1.82) is 0 Å². The second-order valence-corrected chi connectivity index (χ2v) is 7.31. The normalized spacial score (nSPS) is 20.8. The predicted molar refractivity (Wildman–Crippen MR) is 77.0 cm³/mol. The number of hydrogen-bond acceptors (Lipinski definition) is 5. The number of sulfonamides is 1. The third kappa shape index (κ3) is 2.85. The number of halogens is 1. The van der Waals surface area contributed by atoms with Crippen LogP contribution in [0.15, 0.2) is 27.6 Å². The summed E-state index contributed by atoms with van der Waals surface area (Å²) < 4.78 is 27.0. The lowest BCUT2D eigenvalue weighted by molar-refractivity contribution is -0.387. The number of nitrogens with zero attached hydrogens (tertiary/aromatic N) is 2. The van der Waals surface area contributed by atoms with Crippen molar-refractivity contribution in [3.8, 4) is 0 Å². The van der Waals surface area contributed by atoms with Crippen LogP contribution >= 0.6 is 15.9 Å². The molecular formula is C11H14BrN3O4S. The van der Waals surface area contributed by atoms with Crippen LogP contribution in [0.25, 0.3) is 0 Å².